The number of anilines is 1. The van der Waals surface area contributed by atoms with E-state index >= 15 is 0 Å². The number of fused-ring (bicyclic) bond motifs is 1. The maximum absolute atomic E-state index is 13.3. The number of hydrogen-bond acceptors (Lipinski definition) is 5. The van der Waals surface area contributed by atoms with Crippen LogP contribution in [0.4, 0.5) is 5.69 Å². The number of nitrogens with zero attached hydrogens (tertiary/aromatic N) is 2. The molecule has 1 saturated carbocycles. The molecule has 1 unspecified atom stereocenters. The summed E-state index contributed by atoms with van der Waals surface area (Å²) in [5.74, 6) is 0.444. The highest BCUT2D eigenvalue weighted by Crippen LogP contribution is 2.33. The van der Waals surface area contributed by atoms with E-state index in [0.29, 0.717) is 27.5 Å². The Hall–Kier alpha value is -2.80. The number of nitrogens with one attached hydrogen (secondary N) is 1. The smallest absolute Gasteiger partial charge is 0.262 e. The minimum absolute atomic E-state index is 0.0210. The summed E-state index contributed by atoms with van der Waals surface area (Å²) in [5, 5.41) is 3.72. The number of hydrogen-bond donors (Lipinski definition) is 1. The Morgan fingerprint density at radius 3 is 2.63 bits per heavy atom. The largest absolute Gasteiger partial charge is 0.495 e. The van der Waals surface area contributed by atoms with Crippen molar-refractivity contribution in [1.29, 1.82) is 0 Å². The van der Waals surface area contributed by atoms with Gasteiger partial charge in [-0.2, -0.15) is 0 Å². The molecule has 2 aromatic carbocycles. The second kappa shape index (κ2) is 8.92. The number of amides is 1. The molecule has 0 bridgehead atoms. The van der Waals surface area contributed by atoms with Crippen molar-refractivity contribution in [3.8, 4) is 5.75 Å². The zero-order valence-corrected chi connectivity index (χ0v) is 17.9. The second-order valence-corrected chi connectivity index (χ2v) is 8.78. The lowest BCUT2D eigenvalue weighted by Gasteiger charge is -2.20. The lowest BCUT2D eigenvalue weighted by Crippen LogP contribution is -2.29. The quantitative estimate of drug-likeness (QED) is 0.462. The Kier molecular flexibility index (Phi) is 6.08. The van der Waals surface area contributed by atoms with Crippen LogP contribution in [0.15, 0.2) is 58.5 Å². The standard InChI is InChI=1S/C23H25N3O3S/c1-15(21(27)24-19-13-7-8-14-20(19)29-2)30-23-25-18-12-6-5-11-17(18)22(28)26(23)16-9-3-4-10-16/h5-8,11-16H,3-4,9-10H2,1-2H3,(H,24,27). The average molecular weight is 424 g/mol. The fourth-order valence-electron chi connectivity index (χ4n) is 3.89. The van der Waals surface area contributed by atoms with Gasteiger partial charge in [-0.05, 0) is 44.0 Å². The molecule has 1 N–H and O–H groups in total. The Bertz CT molecular complexity index is 1120. The van der Waals surface area contributed by atoms with Crippen LogP contribution in [0.3, 0.4) is 0 Å². The molecule has 0 aliphatic heterocycles. The van der Waals surface area contributed by atoms with Gasteiger partial charge in [0.05, 0.1) is 29.0 Å². The number of para-hydroxylation sites is 3. The summed E-state index contributed by atoms with van der Waals surface area (Å²) in [7, 11) is 1.57. The highest BCUT2D eigenvalue weighted by Gasteiger charge is 2.25. The van der Waals surface area contributed by atoms with Crippen molar-refractivity contribution >= 4 is 34.3 Å². The molecule has 0 spiro atoms. The predicted molar refractivity (Wildman–Crippen MR) is 120 cm³/mol. The molecule has 4 rings (SSSR count). The normalized spacial score (nSPS) is 15.3. The first-order chi connectivity index (χ1) is 14.6. The molecule has 1 amide bonds. The Balaban J connectivity index is 1.64. The zero-order valence-electron chi connectivity index (χ0n) is 17.1. The summed E-state index contributed by atoms with van der Waals surface area (Å²) in [5.41, 5.74) is 1.26. The molecular formula is C23H25N3O3S. The Morgan fingerprint density at radius 1 is 1.17 bits per heavy atom. The van der Waals surface area contributed by atoms with Crippen LogP contribution >= 0.6 is 11.8 Å². The molecule has 1 heterocycles. The molecule has 7 heteroatoms. The summed E-state index contributed by atoms with van der Waals surface area (Å²) in [6, 6.07) is 14.8. The molecule has 156 valence electrons. The predicted octanol–water partition coefficient (Wildman–Crippen LogP) is 4.64. The third kappa shape index (κ3) is 4.07. The van der Waals surface area contributed by atoms with E-state index < -0.39 is 5.25 Å². The van der Waals surface area contributed by atoms with Crippen LogP contribution < -0.4 is 15.6 Å². The van der Waals surface area contributed by atoms with Gasteiger partial charge in [0.15, 0.2) is 5.16 Å². The lowest BCUT2D eigenvalue weighted by molar-refractivity contribution is -0.115. The van der Waals surface area contributed by atoms with Crippen molar-refractivity contribution < 1.29 is 9.53 Å². The summed E-state index contributed by atoms with van der Waals surface area (Å²) < 4.78 is 7.13. The SMILES string of the molecule is COc1ccccc1NC(=O)C(C)Sc1nc2ccccc2c(=O)n1C1CCCC1. The first-order valence-electron chi connectivity index (χ1n) is 10.2. The van der Waals surface area contributed by atoms with Gasteiger partial charge in [0.25, 0.3) is 5.56 Å². The lowest BCUT2D eigenvalue weighted by atomic mass is 10.2. The van der Waals surface area contributed by atoms with Gasteiger partial charge in [-0.25, -0.2) is 4.98 Å². The van der Waals surface area contributed by atoms with Gasteiger partial charge in [-0.3, -0.25) is 14.2 Å². The third-order valence-corrected chi connectivity index (χ3v) is 6.55. The van der Waals surface area contributed by atoms with Gasteiger partial charge < -0.3 is 10.1 Å². The minimum Gasteiger partial charge on any atom is -0.495 e. The molecule has 0 saturated heterocycles. The Labute approximate surface area is 179 Å². The number of carbonyl (C=O) groups excluding carboxylic acids is 1. The van der Waals surface area contributed by atoms with E-state index in [1.54, 1.807) is 19.2 Å². The second-order valence-electron chi connectivity index (χ2n) is 7.47. The zero-order chi connectivity index (χ0) is 21.1. The molecule has 1 atom stereocenters. The number of benzene rings is 2. The van der Waals surface area contributed by atoms with Crippen LogP contribution in [0.5, 0.6) is 5.75 Å². The number of carbonyl (C=O) groups is 1. The van der Waals surface area contributed by atoms with Gasteiger partial charge in [0.1, 0.15) is 5.75 Å². The van der Waals surface area contributed by atoms with Gasteiger partial charge in [-0.1, -0.05) is 48.9 Å². The monoisotopic (exact) mass is 423 g/mol. The van der Waals surface area contributed by atoms with Gasteiger partial charge >= 0.3 is 0 Å². The molecule has 0 radical (unpaired) electrons. The van der Waals surface area contributed by atoms with Crippen molar-refractivity contribution in [2.24, 2.45) is 0 Å². The molecule has 6 nitrogen and oxygen atoms in total. The number of rotatable bonds is 6. The van der Waals surface area contributed by atoms with Gasteiger partial charge in [0.2, 0.25) is 5.91 Å². The fraction of sp³-hybridized carbons (Fsp3) is 0.348. The first kappa shape index (κ1) is 20.5. The van der Waals surface area contributed by atoms with E-state index in [4.69, 9.17) is 9.72 Å². The molecule has 30 heavy (non-hydrogen) atoms. The van der Waals surface area contributed by atoms with E-state index in [9.17, 15) is 9.59 Å². The highest BCUT2D eigenvalue weighted by molar-refractivity contribution is 8.00. The van der Waals surface area contributed by atoms with Crippen molar-refractivity contribution in [2.45, 2.75) is 49.1 Å². The maximum Gasteiger partial charge on any atom is 0.262 e. The van der Waals surface area contributed by atoms with Crippen LogP contribution in [0.25, 0.3) is 10.9 Å². The summed E-state index contributed by atoms with van der Waals surface area (Å²) in [4.78, 5) is 30.9. The summed E-state index contributed by atoms with van der Waals surface area (Å²) >= 11 is 1.33. The minimum atomic E-state index is -0.435. The van der Waals surface area contributed by atoms with E-state index in [-0.39, 0.29) is 17.5 Å². The van der Waals surface area contributed by atoms with Crippen LogP contribution in [-0.4, -0.2) is 27.8 Å². The van der Waals surface area contributed by atoms with Crippen molar-refractivity contribution in [3.63, 3.8) is 0 Å². The molecule has 1 aromatic heterocycles. The molecule has 3 aromatic rings. The third-order valence-electron chi connectivity index (χ3n) is 5.48. The van der Waals surface area contributed by atoms with Crippen LogP contribution in [0.2, 0.25) is 0 Å². The maximum atomic E-state index is 13.3. The van der Waals surface area contributed by atoms with Crippen molar-refractivity contribution in [3.05, 3.63) is 58.9 Å². The highest BCUT2D eigenvalue weighted by atomic mass is 32.2. The topological polar surface area (TPSA) is 73.2 Å². The average Bonchev–Trinajstić information content (AvgIpc) is 3.28. The van der Waals surface area contributed by atoms with E-state index in [2.05, 4.69) is 5.32 Å². The van der Waals surface area contributed by atoms with Crippen LogP contribution in [0, 0.1) is 0 Å². The molecular weight excluding hydrogens is 398 g/mol. The summed E-state index contributed by atoms with van der Waals surface area (Å²) in [6.45, 7) is 1.83. The number of aromatic nitrogens is 2. The van der Waals surface area contributed by atoms with E-state index in [0.717, 1.165) is 25.7 Å². The van der Waals surface area contributed by atoms with E-state index in [1.807, 2.05) is 47.9 Å². The van der Waals surface area contributed by atoms with Crippen LogP contribution in [0.1, 0.15) is 38.6 Å². The number of methoxy groups -OCH3 is 1. The number of thioether (sulfide) groups is 1. The van der Waals surface area contributed by atoms with Crippen LogP contribution in [-0.2, 0) is 4.79 Å². The van der Waals surface area contributed by atoms with Gasteiger partial charge in [-0.15, -0.1) is 0 Å². The Morgan fingerprint density at radius 2 is 1.87 bits per heavy atom. The molecule has 1 aliphatic rings. The fourth-order valence-corrected chi connectivity index (χ4v) is 4.87. The van der Waals surface area contributed by atoms with Gasteiger partial charge in [0, 0.05) is 6.04 Å². The molecule has 1 aliphatic carbocycles. The number of ether oxygens (including phenoxy) is 1. The van der Waals surface area contributed by atoms with Crippen molar-refractivity contribution in [1.82, 2.24) is 9.55 Å². The van der Waals surface area contributed by atoms with Crippen molar-refractivity contribution in [2.75, 3.05) is 12.4 Å². The summed E-state index contributed by atoms with van der Waals surface area (Å²) in [6.07, 6.45) is 4.15. The van der Waals surface area contributed by atoms with E-state index in [1.165, 1.54) is 11.8 Å². The first-order valence-corrected chi connectivity index (χ1v) is 11.1. The molecule has 1 fully saturated rings.